The van der Waals surface area contributed by atoms with Crippen LogP contribution in [0.4, 0.5) is 0 Å². The summed E-state index contributed by atoms with van der Waals surface area (Å²) in [4.78, 5) is 13.4. The van der Waals surface area contributed by atoms with Gasteiger partial charge in [-0.25, -0.2) is 4.79 Å². The van der Waals surface area contributed by atoms with Crippen LogP contribution >= 0.6 is 22.9 Å². The van der Waals surface area contributed by atoms with Crippen LogP contribution in [0.15, 0.2) is 21.3 Å². The third kappa shape index (κ3) is 1.48. The fraction of sp³-hybridized carbons (Fsp3) is 0. The minimum absolute atomic E-state index is 0.127. The van der Waals surface area contributed by atoms with E-state index in [1.165, 1.54) is 11.3 Å². The predicted octanol–water partition coefficient (Wildman–Crippen LogP) is 2.06. The second kappa shape index (κ2) is 2.93. The molecule has 6 heteroatoms. The first kappa shape index (κ1) is 8.40. The van der Waals surface area contributed by atoms with E-state index in [2.05, 4.69) is 4.98 Å². The van der Waals surface area contributed by atoms with Crippen LogP contribution in [0.25, 0.3) is 10.6 Å². The first-order valence-corrected chi connectivity index (χ1v) is 4.54. The highest BCUT2D eigenvalue weighted by atomic mass is 35.5. The summed E-state index contributed by atoms with van der Waals surface area (Å²) >= 11 is 6.90. The number of aromatic nitrogens is 1. The van der Waals surface area contributed by atoms with Crippen molar-refractivity contribution in [3.8, 4) is 16.5 Å². The molecule has 2 heterocycles. The van der Waals surface area contributed by atoms with E-state index in [4.69, 9.17) is 16.0 Å². The summed E-state index contributed by atoms with van der Waals surface area (Å²) < 4.78 is 5.27. The van der Waals surface area contributed by atoms with E-state index in [0.29, 0.717) is 9.21 Å². The van der Waals surface area contributed by atoms with E-state index in [0.717, 1.165) is 0 Å². The maximum atomic E-state index is 10.7. The Morgan fingerprint density at radius 3 is 2.77 bits per heavy atom. The zero-order chi connectivity index (χ0) is 9.42. The van der Waals surface area contributed by atoms with Gasteiger partial charge in [-0.3, -0.25) is 4.98 Å². The average Bonchev–Trinajstić information content (AvgIpc) is 2.58. The maximum Gasteiger partial charge on any atom is 0.419 e. The summed E-state index contributed by atoms with van der Waals surface area (Å²) in [6.45, 7) is 0. The molecule has 2 aromatic rings. The second-order valence-electron chi connectivity index (χ2n) is 2.30. The Morgan fingerprint density at radius 1 is 1.54 bits per heavy atom. The topological polar surface area (TPSA) is 66.2 Å². The minimum Gasteiger partial charge on any atom is -0.492 e. The van der Waals surface area contributed by atoms with Crippen LogP contribution in [-0.4, -0.2) is 10.1 Å². The van der Waals surface area contributed by atoms with Crippen molar-refractivity contribution < 1.29 is 9.52 Å². The summed E-state index contributed by atoms with van der Waals surface area (Å²) in [6, 6.07) is 3.33. The largest absolute Gasteiger partial charge is 0.492 e. The van der Waals surface area contributed by atoms with E-state index in [-0.39, 0.29) is 11.6 Å². The molecule has 0 fully saturated rings. The molecule has 2 rings (SSSR count). The number of aromatic amines is 1. The number of hydrogen-bond acceptors (Lipinski definition) is 4. The van der Waals surface area contributed by atoms with Gasteiger partial charge >= 0.3 is 5.76 Å². The van der Waals surface area contributed by atoms with E-state index in [1.54, 1.807) is 12.1 Å². The quantitative estimate of drug-likeness (QED) is 0.768. The van der Waals surface area contributed by atoms with Gasteiger partial charge in [0.05, 0.1) is 9.21 Å². The number of rotatable bonds is 1. The highest BCUT2D eigenvalue weighted by molar-refractivity contribution is 7.19. The van der Waals surface area contributed by atoms with Crippen LogP contribution in [0.1, 0.15) is 0 Å². The van der Waals surface area contributed by atoms with Gasteiger partial charge in [-0.2, -0.15) is 0 Å². The lowest BCUT2D eigenvalue weighted by Gasteiger charge is -1.87. The van der Waals surface area contributed by atoms with Gasteiger partial charge in [-0.1, -0.05) is 11.6 Å². The Balaban J connectivity index is 2.58. The molecule has 13 heavy (non-hydrogen) atoms. The van der Waals surface area contributed by atoms with Gasteiger partial charge in [0.25, 0.3) is 0 Å². The molecule has 0 spiro atoms. The van der Waals surface area contributed by atoms with Crippen molar-refractivity contribution in [2.24, 2.45) is 0 Å². The van der Waals surface area contributed by atoms with Crippen molar-refractivity contribution in [1.29, 1.82) is 0 Å². The minimum atomic E-state index is -0.683. The van der Waals surface area contributed by atoms with Crippen molar-refractivity contribution in [2.45, 2.75) is 0 Å². The lowest BCUT2D eigenvalue weighted by atomic mass is 10.4. The van der Waals surface area contributed by atoms with Crippen molar-refractivity contribution in [1.82, 2.24) is 4.98 Å². The van der Waals surface area contributed by atoms with Crippen molar-refractivity contribution in [3.63, 3.8) is 0 Å². The summed E-state index contributed by atoms with van der Waals surface area (Å²) in [6.07, 6.45) is 0. The Bertz CT molecular complexity index is 484. The average molecular weight is 218 g/mol. The normalized spacial score (nSPS) is 10.5. The first-order valence-electron chi connectivity index (χ1n) is 3.34. The number of oxazole rings is 1. The van der Waals surface area contributed by atoms with Crippen LogP contribution in [0.5, 0.6) is 5.88 Å². The van der Waals surface area contributed by atoms with Gasteiger partial charge in [0.15, 0.2) is 0 Å². The van der Waals surface area contributed by atoms with Crippen molar-refractivity contribution >= 4 is 22.9 Å². The Kier molecular flexibility index (Phi) is 1.90. The SMILES string of the molecule is O=c1[nH]c(O)c(-c2ccc(Cl)s2)o1. The monoisotopic (exact) mass is 217 g/mol. The fourth-order valence-corrected chi connectivity index (χ4v) is 1.95. The first-order chi connectivity index (χ1) is 6.16. The molecule has 0 aliphatic heterocycles. The summed E-state index contributed by atoms with van der Waals surface area (Å²) in [7, 11) is 0. The van der Waals surface area contributed by atoms with E-state index in [9.17, 15) is 9.90 Å². The molecule has 0 aromatic carbocycles. The molecule has 2 N–H and O–H groups in total. The molecule has 4 nitrogen and oxygen atoms in total. The summed E-state index contributed by atoms with van der Waals surface area (Å²) in [5, 5.41) is 9.21. The molecule has 2 aromatic heterocycles. The van der Waals surface area contributed by atoms with Gasteiger partial charge in [0.1, 0.15) is 0 Å². The highest BCUT2D eigenvalue weighted by Gasteiger charge is 2.12. The molecular weight excluding hydrogens is 214 g/mol. The molecule has 0 saturated carbocycles. The predicted molar refractivity (Wildman–Crippen MR) is 49.3 cm³/mol. The lowest BCUT2D eigenvalue weighted by molar-refractivity contribution is 0.453. The summed E-state index contributed by atoms with van der Waals surface area (Å²) in [5.74, 6) is -0.831. The maximum absolute atomic E-state index is 10.7. The number of hydrogen-bond donors (Lipinski definition) is 2. The fourth-order valence-electron chi connectivity index (χ4n) is 0.923. The molecule has 0 amide bonds. The van der Waals surface area contributed by atoms with E-state index in [1.807, 2.05) is 0 Å². The van der Waals surface area contributed by atoms with Crippen LogP contribution in [-0.2, 0) is 0 Å². The third-order valence-corrected chi connectivity index (χ3v) is 2.66. The lowest BCUT2D eigenvalue weighted by Crippen LogP contribution is -1.92. The molecule has 0 aliphatic carbocycles. The Morgan fingerprint density at radius 2 is 2.31 bits per heavy atom. The van der Waals surface area contributed by atoms with Crippen LogP contribution in [0.3, 0.4) is 0 Å². The van der Waals surface area contributed by atoms with E-state index >= 15 is 0 Å². The Hall–Kier alpha value is -1.20. The van der Waals surface area contributed by atoms with Gasteiger partial charge in [0.2, 0.25) is 11.6 Å². The van der Waals surface area contributed by atoms with Crippen LogP contribution < -0.4 is 5.76 Å². The van der Waals surface area contributed by atoms with Crippen molar-refractivity contribution in [3.05, 3.63) is 27.0 Å². The molecule has 0 atom stereocenters. The number of aromatic hydroxyl groups is 1. The molecule has 0 unspecified atom stereocenters. The van der Waals surface area contributed by atoms with E-state index < -0.39 is 5.76 Å². The van der Waals surface area contributed by atoms with Gasteiger partial charge < -0.3 is 9.52 Å². The third-order valence-electron chi connectivity index (χ3n) is 1.43. The molecule has 0 radical (unpaired) electrons. The summed E-state index contributed by atoms with van der Waals surface area (Å²) in [5.41, 5.74) is 0. The second-order valence-corrected chi connectivity index (χ2v) is 4.01. The zero-order valence-electron chi connectivity index (χ0n) is 6.20. The number of H-pyrrole nitrogens is 1. The van der Waals surface area contributed by atoms with Crippen molar-refractivity contribution in [2.75, 3.05) is 0 Å². The standard InChI is InChI=1S/C7H4ClNO3S/c8-4-2-1-3(13-4)5-6(10)9-7(11)12-5/h1-2,10H,(H,9,11). The molecule has 0 saturated heterocycles. The smallest absolute Gasteiger partial charge is 0.419 e. The number of halogens is 1. The highest BCUT2D eigenvalue weighted by Crippen LogP contribution is 2.34. The molecular formula is C7H4ClNO3S. The van der Waals surface area contributed by atoms with Crippen LogP contribution in [0, 0.1) is 0 Å². The van der Waals surface area contributed by atoms with Gasteiger partial charge in [-0.15, -0.1) is 11.3 Å². The van der Waals surface area contributed by atoms with Gasteiger partial charge in [0, 0.05) is 0 Å². The van der Waals surface area contributed by atoms with Crippen LogP contribution in [0.2, 0.25) is 4.34 Å². The molecule has 0 aliphatic rings. The molecule has 0 bridgehead atoms. The number of nitrogens with one attached hydrogen (secondary N) is 1. The van der Waals surface area contributed by atoms with Gasteiger partial charge in [-0.05, 0) is 12.1 Å². The molecule has 68 valence electrons. The Labute approximate surface area is 81.4 Å². The number of thiophene rings is 1. The zero-order valence-corrected chi connectivity index (χ0v) is 7.78.